The monoisotopic (exact) mass is 559 g/mol. The Hall–Kier alpha value is -4.57. The maximum absolute atomic E-state index is 14.2. The van der Waals surface area contributed by atoms with E-state index in [0.717, 1.165) is 17.5 Å². The lowest BCUT2D eigenvalue weighted by atomic mass is 10.0. The van der Waals surface area contributed by atoms with E-state index in [4.69, 9.17) is 20.2 Å². The number of anilines is 1. The lowest BCUT2D eigenvalue weighted by molar-refractivity contribution is -0.155. The number of amides is 1. The second kappa shape index (κ2) is 12.3. The first kappa shape index (κ1) is 29.4. The molecule has 0 saturated carbocycles. The number of nitrogens with two attached hydrogens (primary N) is 1. The first-order chi connectivity index (χ1) is 19.6. The minimum atomic E-state index is -0.758. The molecule has 2 N–H and O–H groups in total. The van der Waals surface area contributed by atoms with Gasteiger partial charge in [0, 0.05) is 60.0 Å². The van der Waals surface area contributed by atoms with Crippen LogP contribution < -0.4 is 15.4 Å². The number of nitrogens with zero attached hydrogens (tertiary/aromatic N) is 4. The average molecular weight is 560 g/mol. The van der Waals surface area contributed by atoms with Crippen molar-refractivity contribution in [1.29, 1.82) is 0 Å². The van der Waals surface area contributed by atoms with Crippen molar-refractivity contribution in [3.63, 3.8) is 0 Å². The summed E-state index contributed by atoms with van der Waals surface area (Å²) in [5.74, 6) is -0.898. The molecule has 0 aliphatic heterocycles. The van der Waals surface area contributed by atoms with Gasteiger partial charge in [-0.05, 0) is 54.3 Å². The van der Waals surface area contributed by atoms with Crippen molar-refractivity contribution in [2.24, 2.45) is 11.7 Å². The number of carbonyl (C=O) groups is 2. The second-order valence-corrected chi connectivity index (χ2v) is 9.88. The average Bonchev–Trinajstić information content (AvgIpc) is 3.38. The normalized spacial score (nSPS) is 13.3. The number of rotatable bonds is 10. The van der Waals surface area contributed by atoms with Gasteiger partial charge >= 0.3 is 5.97 Å². The van der Waals surface area contributed by atoms with Crippen molar-refractivity contribution >= 4 is 28.6 Å². The van der Waals surface area contributed by atoms with E-state index in [-0.39, 0.29) is 11.8 Å². The maximum Gasteiger partial charge on any atom is 0.325 e. The lowest BCUT2D eigenvalue weighted by Crippen LogP contribution is -2.38. The molecule has 1 aromatic carbocycles. The van der Waals surface area contributed by atoms with Crippen LogP contribution in [0.25, 0.3) is 33.3 Å². The number of benzene rings is 1. The molecule has 3 aromatic heterocycles. The quantitative estimate of drug-likeness (QED) is 0.155. The molecular formula is C31H34FN5O4. The Bertz CT molecular complexity index is 1600. The van der Waals surface area contributed by atoms with Gasteiger partial charge in [0.2, 0.25) is 11.9 Å². The summed E-state index contributed by atoms with van der Waals surface area (Å²) in [5.41, 5.74) is 9.97. The van der Waals surface area contributed by atoms with Crippen molar-refractivity contribution in [1.82, 2.24) is 14.5 Å². The van der Waals surface area contributed by atoms with Gasteiger partial charge in [-0.25, -0.2) is 9.97 Å². The number of halogens is 1. The Morgan fingerprint density at radius 2 is 1.90 bits per heavy atom. The third-order valence-electron chi connectivity index (χ3n) is 7.27. The van der Waals surface area contributed by atoms with E-state index in [1.807, 2.05) is 32.0 Å². The van der Waals surface area contributed by atoms with Gasteiger partial charge in [-0.1, -0.05) is 26.8 Å². The van der Waals surface area contributed by atoms with E-state index in [2.05, 4.69) is 11.6 Å². The minimum absolute atomic E-state index is 0.0410. The van der Waals surface area contributed by atoms with Crippen LogP contribution in [0.2, 0.25) is 0 Å². The molecule has 41 heavy (non-hydrogen) atoms. The molecule has 0 aliphatic rings. The van der Waals surface area contributed by atoms with Crippen molar-refractivity contribution in [2.75, 3.05) is 19.1 Å². The highest BCUT2D eigenvalue weighted by molar-refractivity contribution is 6.01. The van der Waals surface area contributed by atoms with Crippen LogP contribution in [-0.4, -0.2) is 46.6 Å². The fourth-order valence-corrected chi connectivity index (χ4v) is 4.48. The van der Waals surface area contributed by atoms with E-state index in [9.17, 15) is 14.0 Å². The summed E-state index contributed by atoms with van der Waals surface area (Å²) in [6.07, 6.45) is 6.09. The van der Waals surface area contributed by atoms with Crippen LogP contribution in [0.15, 0.2) is 67.6 Å². The largest absolute Gasteiger partial charge is 0.497 e. The molecule has 214 valence electrons. The Kier molecular flexibility index (Phi) is 8.83. The Balaban J connectivity index is 1.84. The van der Waals surface area contributed by atoms with Crippen molar-refractivity contribution in [3.8, 4) is 28.0 Å². The molecule has 3 unspecified atom stereocenters. The predicted octanol–water partition coefficient (Wildman–Crippen LogP) is 5.50. The maximum atomic E-state index is 14.2. The number of ether oxygens (including phenoxy) is 2. The van der Waals surface area contributed by atoms with Crippen molar-refractivity contribution in [3.05, 3.63) is 73.6 Å². The van der Waals surface area contributed by atoms with E-state index in [1.54, 1.807) is 50.2 Å². The number of fused-ring (bicyclic) bond motifs is 1. The molecule has 10 heteroatoms. The SMILES string of the molecule is C=CC(=O)N(C)c1cc(OC)cc(-c2cnc3c(c2)c(-c2ccnc(F)c2)cn3C(C)OC(=O)C(N)C(C)CC)c1. The molecule has 3 atom stereocenters. The molecule has 0 radical (unpaired) electrons. The van der Waals surface area contributed by atoms with Crippen LogP contribution in [-0.2, 0) is 14.3 Å². The molecule has 0 fully saturated rings. The summed E-state index contributed by atoms with van der Waals surface area (Å²) in [4.78, 5) is 34.9. The summed E-state index contributed by atoms with van der Waals surface area (Å²) in [6.45, 7) is 9.15. The van der Waals surface area contributed by atoms with Gasteiger partial charge in [0.05, 0.1) is 7.11 Å². The van der Waals surface area contributed by atoms with Gasteiger partial charge in [-0.2, -0.15) is 4.39 Å². The molecule has 0 bridgehead atoms. The number of aromatic nitrogens is 3. The Labute approximate surface area is 238 Å². The molecule has 0 spiro atoms. The summed E-state index contributed by atoms with van der Waals surface area (Å²) < 4.78 is 27.1. The standard InChI is InChI=1S/C31H34FN5O4/c1-7-18(3)29(33)31(39)41-19(4)37-17-26(20-9-10-34-27(32)14-20)25-13-22(16-35-30(25)37)21-11-23(15-24(12-21)40-6)36(5)28(38)8-2/h8-19,29H,2,7,33H2,1,3-6H3. The first-order valence-corrected chi connectivity index (χ1v) is 13.3. The number of hydrogen-bond acceptors (Lipinski definition) is 7. The highest BCUT2D eigenvalue weighted by Gasteiger charge is 2.25. The third kappa shape index (κ3) is 6.12. The first-order valence-electron chi connectivity index (χ1n) is 13.3. The van der Waals surface area contributed by atoms with Crippen molar-refractivity contribution < 1.29 is 23.5 Å². The number of hydrogen-bond donors (Lipinski definition) is 1. The van der Waals surface area contributed by atoms with Gasteiger partial charge in [0.15, 0.2) is 6.23 Å². The van der Waals surface area contributed by atoms with Gasteiger partial charge in [-0.15, -0.1) is 0 Å². The highest BCUT2D eigenvalue weighted by atomic mass is 19.1. The predicted molar refractivity (Wildman–Crippen MR) is 157 cm³/mol. The Morgan fingerprint density at radius 1 is 1.15 bits per heavy atom. The summed E-state index contributed by atoms with van der Waals surface area (Å²) in [6, 6.07) is 9.62. The van der Waals surface area contributed by atoms with Crippen LogP contribution >= 0.6 is 0 Å². The molecule has 4 rings (SSSR count). The number of pyridine rings is 2. The summed E-state index contributed by atoms with van der Waals surface area (Å²) in [7, 11) is 3.20. The molecule has 4 aromatic rings. The fourth-order valence-electron chi connectivity index (χ4n) is 4.48. The molecule has 1 amide bonds. The zero-order chi connectivity index (χ0) is 29.8. The number of carbonyl (C=O) groups excluding carboxylic acids is 2. The van der Waals surface area contributed by atoms with Crippen LogP contribution in [0, 0.1) is 11.9 Å². The van der Waals surface area contributed by atoms with E-state index in [1.165, 1.54) is 23.2 Å². The fraction of sp³-hybridized carbons (Fsp3) is 0.290. The third-order valence-corrected chi connectivity index (χ3v) is 7.27. The second-order valence-electron chi connectivity index (χ2n) is 9.88. The topological polar surface area (TPSA) is 113 Å². The smallest absolute Gasteiger partial charge is 0.325 e. The van der Waals surface area contributed by atoms with E-state index in [0.29, 0.717) is 33.6 Å². The molecular weight excluding hydrogens is 525 g/mol. The van der Waals surface area contributed by atoms with Crippen molar-refractivity contribution in [2.45, 2.75) is 39.5 Å². The lowest BCUT2D eigenvalue weighted by Gasteiger charge is -2.21. The van der Waals surface area contributed by atoms with E-state index >= 15 is 0 Å². The zero-order valence-corrected chi connectivity index (χ0v) is 23.8. The van der Waals surface area contributed by atoms with Gasteiger partial charge < -0.3 is 20.1 Å². The van der Waals surface area contributed by atoms with E-state index < -0.39 is 24.2 Å². The van der Waals surface area contributed by atoms with Crippen LogP contribution in [0.1, 0.15) is 33.4 Å². The van der Waals surface area contributed by atoms with Gasteiger partial charge in [0.1, 0.15) is 17.4 Å². The van der Waals surface area contributed by atoms with Crippen LogP contribution in [0.5, 0.6) is 5.75 Å². The summed E-state index contributed by atoms with van der Waals surface area (Å²) >= 11 is 0. The number of likely N-dealkylation sites (N-methyl/N-ethyl adjacent to an activating group) is 1. The van der Waals surface area contributed by atoms with Crippen LogP contribution in [0.4, 0.5) is 10.1 Å². The zero-order valence-electron chi connectivity index (χ0n) is 23.8. The molecule has 9 nitrogen and oxygen atoms in total. The van der Waals surface area contributed by atoms with Gasteiger partial charge in [0.25, 0.3) is 0 Å². The van der Waals surface area contributed by atoms with Crippen LogP contribution in [0.3, 0.4) is 0 Å². The number of methoxy groups -OCH3 is 1. The Morgan fingerprint density at radius 3 is 2.56 bits per heavy atom. The highest BCUT2D eigenvalue weighted by Crippen LogP contribution is 2.36. The summed E-state index contributed by atoms with van der Waals surface area (Å²) in [5, 5.41) is 0.696. The van der Waals surface area contributed by atoms with Gasteiger partial charge in [-0.3, -0.25) is 14.2 Å². The minimum Gasteiger partial charge on any atom is -0.497 e. The molecule has 3 heterocycles. The molecule has 0 saturated heterocycles. The molecule has 0 aliphatic carbocycles. The number of esters is 1.